The standard InChI is InChI=1S/C15H19NO5/c1-15(2,3)10-6-4-9(5-7-10)13(19)16-11(14(20)21)8-12(17)18/h4-7,11H,8H2,1-3H3,(H,16,19)(H,17,18)(H,20,21)/t11-/m1/s1. The van der Waals surface area contributed by atoms with Crippen LogP contribution >= 0.6 is 0 Å². The Morgan fingerprint density at radius 2 is 1.62 bits per heavy atom. The van der Waals surface area contributed by atoms with Crippen molar-refractivity contribution in [2.45, 2.75) is 38.6 Å². The van der Waals surface area contributed by atoms with Gasteiger partial charge in [-0.05, 0) is 23.1 Å². The number of rotatable bonds is 5. The van der Waals surface area contributed by atoms with Gasteiger partial charge in [-0.2, -0.15) is 0 Å². The second-order valence-corrected chi connectivity index (χ2v) is 5.79. The minimum Gasteiger partial charge on any atom is -0.481 e. The number of hydrogen-bond donors (Lipinski definition) is 3. The predicted molar refractivity (Wildman–Crippen MR) is 76.3 cm³/mol. The minimum atomic E-state index is -1.45. The predicted octanol–water partition coefficient (Wildman–Crippen LogP) is 1.64. The fraction of sp³-hybridized carbons (Fsp3) is 0.400. The number of aliphatic carboxylic acids is 2. The van der Waals surface area contributed by atoms with E-state index in [0.717, 1.165) is 5.56 Å². The van der Waals surface area contributed by atoms with Gasteiger partial charge in [0.05, 0.1) is 6.42 Å². The van der Waals surface area contributed by atoms with E-state index < -0.39 is 30.3 Å². The summed E-state index contributed by atoms with van der Waals surface area (Å²) in [5.74, 6) is -3.27. The number of carboxylic acids is 2. The lowest BCUT2D eigenvalue weighted by molar-refractivity contribution is -0.145. The molecule has 1 amide bonds. The summed E-state index contributed by atoms with van der Waals surface area (Å²) < 4.78 is 0. The van der Waals surface area contributed by atoms with Gasteiger partial charge in [-0.15, -0.1) is 0 Å². The number of carbonyl (C=O) groups is 3. The number of carboxylic acid groups (broad SMARTS) is 2. The molecule has 6 nitrogen and oxygen atoms in total. The van der Waals surface area contributed by atoms with Gasteiger partial charge in [-0.1, -0.05) is 32.9 Å². The van der Waals surface area contributed by atoms with Gasteiger partial charge in [0.1, 0.15) is 6.04 Å². The highest BCUT2D eigenvalue weighted by atomic mass is 16.4. The van der Waals surface area contributed by atoms with Crippen molar-refractivity contribution in [3.05, 3.63) is 35.4 Å². The number of benzene rings is 1. The monoisotopic (exact) mass is 293 g/mol. The molecular formula is C15H19NO5. The van der Waals surface area contributed by atoms with E-state index in [9.17, 15) is 14.4 Å². The first-order valence-corrected chi connectivity index (χ1v) is 6.47. The fourth-order valence-corrected chi connectivity index (χ4v) is 1.74. The Morgan fingerprint density at radius 1 is 1.10 bits per heavy atom. The molecule has 0 aliphatic carbocycles. The molecule has 0 aromatic heterocycles. The molecule has 0 unspecified atom stereocenters. The van der Waals surface area contributed by atoms with E-state index in [0.29, 0.717) is 5.56 Å². The van der Waals surface area contributed by atoms with Crippen molar-refractivity contribution in [2.75, 3.05) is 0 Å². The van der Waals surface area contributed by atoms with E-state index in [1.165, 1.54) is 0 Å². The van der Waals surface area contributed by atoms with Crippen LogP contribution in [0.1, 0.15) is 43.1 Å². The average molecular weight is 293 g/mol. The van der Waals surface area contributed by atoms with Gasteiger partial charge in [0, 0.05) is 5.56 Å². The van der Waals surface area contributed by atoms with Crippen molar-refractivity contribution in [1.29, 1.82) is 0 Å². The van der Waals surface area contributed by atoms with Crippen LogP contribution in [0.25, 0.3) is 0 Å². The second kappa shape index (κ2) is 6.39. The van der Waals surface area contributed by atoms with Crippen molar-refractivity contribution in [1.82, 2.24) is 5.32 Å². The van der Waals surface area contributed by atoms with Gasteiger partial charge in [-0.3, -0.25) is 9.59 Å². The van der Waals surface area contributed by atoms with E-state index in [2.05, 4.69) is 5.32 Å². The third kappa shape index (κ3) is 4.91. The molecule has 1 atom stereocenters. The summed E-state index contributed by atoms with van der Waals surface area (Å²) in [4.78, 5) is 33.4. The Labute approximate surface area is 122 Å². The lowest BCUT2D eigenvalue weighted by atomic mass is 9.86. The maximum atomic E-state index is 11.9. The van der Waals surface area contributed by atoms with E-state index in [4.69, 9.17) is 10.2 Å². The molecule has 1 aromatic rings. The van der Waals surface area contributed by atoms with Gasteiger partial charge in [0.15, 0.2) is 0 Å². The van der Waals surface area contributed by atoms with Crippen LogP contribution in [0, 0.1) is 0 Å². The Bertz CT molecular complexity index is 542. The minimum absolute atomic E-state index is 0.0537. The first-order chi connectivity index (χ1) is 9.61. The van der Waals surface area contributed by atoms with Crippen molar-refractivity contribution >= 4 is 17.8 Å². The molecule has 0 bridgehead atoms. The molecule has 1 rings (SSSR count). The molecule has 0 heterocycles. The average Bonchev–Trinajstić information content (AvgIpc) is 2.36. The lowest BCUT2D eigenvalue weighted by Gasteiger charge is -2.19. The Hall–Kier alpha value is -2.37. The number of carbonyl (C=O) groups excluding carboxylic acids is 1. The third-order valence-electron chi connectivity index (χ3n) is 3.00. The second-order valence-electron chi connectivity index (χ2n) is 5.79. The van der Waals surface area contributed by atoms with E-state index in [1.54, 1.807) is 24.3 Å². The molecule has 0 saturated carbocycles. The van der Waals surface area contributed by atoms with Crippen LogP contribution in [0.5, 0.6) is 0 Å². The largest absolute Gasteiger partial charge is 0.481 e. The molecule has 0 aliphatic rings. The van der Waals surface area contributed by atoms with Crippen LogP contribution in [0.3, 0.4) is 0 Å². The molecule has 114 valence electrons. The van der Waals surface area contributed by atoms with Crippen molar-refractivity contribution < 1.29 is 24.6 Å². The van der Waals surface area contributed by atoms with Crippen LogP contribution in [-0.4, -0.2) is 34.1 Å². The highest BCUT2D eigenvalue weighted by Crippen LogP contribution is 2.22. The first-order valence-electron chi connectivity index (χ1n) is 6.47. The maximum absolute atomic E-state index is 11.9. The molecule has 0 saturated heterocycles. The van der Waals surface area contributed by atoms with Gasteiger partial charge in [-0.25, -0.2) is 4.79 Å². The van der Waals surface area contributed by atoms with Crippen LogP contribution in [0.4, 0.5) is 0 Å². The smallest absolute Gasteiger partial charge is 0.326 e. The summed E-state index contributed by atoms with van der Waals surface area (Å²) in [6.45, 7) is 6.11. The topological polar surface area (TPSA) is 104 Å². The van der Waals surface area contributed by atoms with E-state index in [-0.39, 0.29) is 5.41 Å². The number of hydrogen-bond acceptors (Lipinski definition) is 3. The van der Waals surface area contributed by atoms with Crippen LogP contribution in [0.15, 0.2) is 24.3 Å². The van der Waals surface area contributed by atoms with Crippen LogP contribution in [-0.2, 0) is 15.0 Å². The third-order valence-corrected chi connectivity index (χ3v) is 3.00. The van der Waals surface area contributed by atoms with Gasteiger partial charge < -0.3 is 15.5 Å². The van der Waals surface area contributed by atoms with Crippen molar-refractivity contribution in [3.8, 4) is 0 Å². The SMILES string of the molecule is CC(C)(C)c1ccc(C(=O)N[C@H](CC(=O)O)C(=O)O)cc1. The summed E-state index contributed by atoms with van der Waals surface area (Å²) >= 11 is 0. The van der Waals surface area contributed by atoms with Crippen molar-refractivity contribution in [2.24, 2.45) is 0 Å². The summed E-state index contributed by atoms with van der Waals surface area (Å²) in [7, 11) is 0. The molecule has 21 heavy (non-hydrogen) atoms. The fourth-order valence-electron chi connectivity index (χ4n) is 1.74. The number of amides is 1. The molecule has 0 aliphatic heterocycles. The molecule has 0 fully saturated rings. The number of nitrogens with one attached hydrogen (secondary N) is 1. The summed E-state index contributed by atoms with van der Waals surface area (Å²) in [5, 5.41) is 19.7. The van der Waals surface area contributed by atoms with Gasteiger partial charge in [0.25, 0.3) is 5.91 Å². The lowest BCUT2D eigenvalue weighted by Crippen LogP contribution is -2.42. The molecule has 0 spiro atoms. The zero-order valence-electron chi connectivity index (χ0n) is 12.2. The zero-order chi connectivity index (χ0) is 16.2. The van der Waals surface area contributed by atoms with Gasteiger partial charge in [0.2, 0.25) is 0 Å². The normalized spacial score (nSPS) is 12.5. The first kappa shape index (κ1) is 16.7. The molecular weight excluding hydrogens is 274 g/mol. The maximum Gasteiger partial charge on any atom is 0.326 e. The highest BCUT2D eigenvalue weighted by Gasteiger charge is 2.23. The van der Waals surface area contributed by atoms with E-state index in [1.807, 2.05) is 20.8 Å². The molecule has 1 aromatic carbocycles. The zero-order valence-corrected chi connectivity index (χ0v) is 12.2. The van der Waals surface area contributed by atoms with Crippen LogP contribution < -0.4 is 5.32 Å². The quantitative estimate of drug-likeness (QED) is 0.765. The van der Waals surface area contributed by atoms with E-state index >= 15 is 0 Å². The molecule has 6 heteroatoms. The highest BCUT2D eigenvalue weighted by molar-refractivity contribution is 5.97. The van der Waals surface area contributed by atoms with Gasteiger partial charge >= 0.3 is 11.9 Å². The molecule has 3 N–H and O–H groups in total. The summed E-state index contributed by atoms with van der Waals surface area (Å²) in [6, 6.07) is 5.33. The Morgan fingerprint density at radius 3 is 2.00 bits per heavy atom. The Kier molecular flexibility index (Phi) is 5.07. The van der Waals surface area contributed by atoms with Crippen molar-refractivity contribution in [3.63, 3.8) is 0 Å². The summed E-state index contributed by atoms with van der Waals surface area (Å²) in [5.41, 5.74) is 1.28. The summed E-state index contributed by atoms with van der Waals surface area (Å²) in [6.07, 6.45) is -0.666. The Balaban J connectivity index is 2.83. The molecule has 0 radical (unpaired) electrons. The van der Waals surface area contributed by atoms with Crippen LogP contribution in [0.2, 0.25) is 0 Å².